The lowest BCUT2D eigenvalue weighted by Crippen LogP contribution is -2.19. The van der Waals surface area contributed by atoms with Crippen LogP contribution < -0.4 is 5.73 Å². The molecule has 88 valence electrons. The average molecular weight is 226 g/mol. The highest BCUT2D eigenvalue weighted by Gasteiger charge is 2.33. The van der Waals surface area contributed by atoms with Gasteiger partial charge in [-0.25, -0.2) is 0 Å². The second kappa shape index (κ2) is 4.18. The van der Waals surface area contributed by atoms with Gasteiger partial charge in [0.05, 0.1) is 11.0 Å². The van der Waals surface area contributed by atoms with Gasteiger partial charge in [0.15, 0.2) is 0 Å². The topological polar surface area (TPSA) is 96.2 Å². The highest BCUT2D eigenvalue weighted by molar-refractivity contribution is 5.35. The minimum absolute atomic E-state index is 0.000459. The maximum Gasteiger partial charge on any atom is 0.312 e. The number of nitro groups is 1. The van der Waals surface area contributed by atoms with E-state index in [2.05, 4.69) is 5.10 Å². The summed E-state index contributed by atoms with van der Waals surface area (Å²) in [5.74, 6) is 0. The molecule has 2 N–H and O–H groups in total. The number of hydrogen-bond acceptors (Lipinski definition) is 5. The third-order valence-corrected chi connectivity index (χ3v) is 2.84. The fourth-order valence-electron chi connectivity index (χ4n) is 2.03. The summed E-state index contributed by atoms with van der Waals surface area (Å²) in [5, 5.41) is 14.7. The Kier molecular flexibility index (Phi) is 2.88. The Morgan fingerprint density at radius 3 is 3.06 bits per heavy atom. The zero-order chi connectivity index (χ0) is 11.7. The molecule has 2 rings (SSSR count). The SMILES string of the molecule is Cn1ncc([N+](=O)[O-])c1C1CCC(CN)O1. The Bertz CT molecular complexity index is 403. The minimum atomic E-state index is -0.429. The number of aryl methyl sites for hydroxylation is 1. The molecular formula is C9H14N4O3. The first kappa shape index (κ1) is 11.0. The van der Waals surface area contributed by atoms with Gasteiger partial charge in [-0.3, -0.25) is 14.8 Å². The monoisotopic (exact) mass is 226 g/mol. The quantitative estimate of drug-likeness (QED) is 0.598. The molecule has 7 nitrogen and oxygen atoms in total. The van der Waals surface area contributed by atoms with Crippen molar-refractivity contribution in [3.05, 3.63) is 22.0 Å². The van der Waals surface area contributed by atoms with Crippen molar-refractivity contribution >= 4 is 5.69 Å². The first-order valence-electron chi connectivity index (χ1n) is 5.15. The van der Waals surface area contributed by atoms with E-state index in [9.17, 15) is 10.1 Å². The molecule has 7 heteroatoms. The van der Waals surface area contributed by atoms with Crippen LogP contribution in [0.25, 0.3) is 0 Å². The highest BCUT2D eigenvalue weighted by Crippen LogP contribution is 2.36. The van der Waals surface area contributed by atoms with Crippen LogP contribution in [0.5, 0.6) is 0 Å². The smallest absolute Gasteiger partial charge is 0.312 e. The Morgan fingerprint density at radius 1 is 1.75 bits per heavy atom. The predicted molar refractivity (Wildman–Crippen MR) is 55.8 cm³/mol. The van der Waals surface area contributed by atoms with Crippen LogP contribution in [0, 0.1) is 10.1 Å². The zero-order valence-corrected chi connectivity index (χ0v) is 9.00. The molecule has 1 aliphatic rings. The fraction of sp³-hybridized carbons (Fsp3) is 0.667. The number of nitrogens with zero attached hydrogens (tertiary/aromatic N) is 3. The van der Waals surface area contributed by atoms with Crippen LogP contribution in [0.2, 0.25) is 0 Å². The van der Waals surface area contributed by atoms with E-state index in [0.29, 0.717) is 12.2 Å². The second-order valence-corrected chi connectivity index (χ2v) is 3.86. The summed E-state index contributed by atoms with van der Waals surface area (Å²) in [6, 6.07) is 0. The van der Waals surface area contributed by atoms with Gasteiger partial charge >= 0.3 is 5.69 Å². The number of hydrogen-bond donors (Lipinski definition) is 1. The van der Waals surface area contributed by atoms with Gasteiger partial charge in [0, 0.05) is 13.6 Å². The number of rotatable bonds is 3. The largest absolute Gasteiger partial charge is 0.367 e. The summed E-state index contributed by atoms with van der Waals surface area (Å²) < 4.78 is 7.14. The van der Waals surface area contributed by atoms with Crippen molar-refractivity contribution in [2.24, 2.45) is 12.8 Å². The van der Waals surface area contributed by atoms with E-state index in [1.165, 1.54) is 10.9 Å². The number of nitrogens with two attached hydrogens (primary N) is 1. The maximum absolute atomic E-state index is 10.8. The molecule has 0 saturated carbocycles. The zero-order valence-electron chi connectivity index (χ0n) is 9.00. The Hall–Kier alpha value is -1.47. The summed E-state index contributed by atoms with van der Waals surface area (Å²) in [5.41, 5.74) is 6.05. The minimum Gasteiger partial charge on any atom is -0.367 e. The lowest BCUT2D eigenvalue weighted by atomic mass is 10.1. The van der Waals surface area contributed by atoms with Crippen LogP contribution in [0.4, 0.5) is 5.69 Å². The molecule has 0 radical (unpaired) electrons. The predicted octanol–water partition coefficient (Wildman–Crippen LogP) is 0.507. The van der Waals surface area contributed by atoms with Crippen LogP contribution in [0.1, 0.15) is 24.6 Å². The molecule has 2 heterocycles. The van der Waals surface area contributed by atoms with Crippen LogP contribution in [0.15, 0.2) is 6.20 Å². The number of aromatic nitrogens is 2. The first-order valence-corrected chi connectivity index (χ1v) is 5.15. The van der Waals surface area contributed by atoms with Crippen molar-refractivity contribution in [3.8, 4) is 0 Å². The van der Waals surface area contributed by atoms with Gasteiger partial charge in [-0.15, -0.1) is 0 Å². The normalized spacial score (nSPS) is 24.9. The summed E-state index contributed by atoms with van der Waals surface area (Å²) in [6.45, 7) is 0.447. The molecule has 1 fully saturated rings. The molecule has 1 aromatic heterocycles. The molecule has 1 saturated heterocycles. The van der Waals surface area contributed by atoms with Crippen LogP contribution in [-0.4, -0.2) is 27.4 Å². The fourth-order valence-corrected chi connectivity index (χ4v) is 2.03. The van der Waals surface area contributed by atoms with Crippen LogP contribution in [0.3, 0.4) is 0 Å². The van der Waals surface area contributed by atoms with E-state index >= 15 is 0 Å². The lowest BCUT2D eigenvalue weighted by molar-refractivity contribution is -0.386. The molecule has 2 atom stereocenters. The second-order valence-electron chi connectivity index (χ2n) is 3.86. The molecule has 0 amide bonds. The highest BCUT2D eigenvalue weighted by atomic mass is 16.6. The van der Waals surface area contributed by atoms with Crippen molar-refractivity contribution in [2.45, 2.75) is 25.0 Å². The first-order chi connectivity index (χ1) is 7.63. The Morgan fingerprint density at radius 2 is 2.50 bits per heavy atom. The molecule has 16 heavy (non-hydrogen) atoms. The van der Waals surface area contributed by atoms with Gasteiger partial charge in [-0.2, -0.15) is 5.10 Å². The van der Waals surface area contributed by atoms with Crippen LogP contribution in [-0.2, 0) is 11.8 Å². The molecule has 1 aliphatic heterocycles. The van der Waals surface area contributed by atoms with Crippen molar-refractivity contribution < 1.29 is 9.66 Å². The van der Waals surface area contributed by atoms with Crippen molar-refractivity contribution in [1.82, 2.24) is 9.78 Å². The van der Waals surface area contributed by atoms with Gasteiger partial charge in [-0.1, -0.05) is 0 Å². The lowest BCUT2D eigenvalue weighted by Gasteiger charge is -2.11. The molecule has 0 aromatic carbocycles. The third-order valence-electron chi connectivity index (χ3n) is 2.84. The Labute approximate surface area is 92.3 Å². The summed E-state index contributed by atoms with van der Waals surface area (Å²) in [7, 11) is 1.68. The van der Waals surface area contributed by atoms with E-state index in [-0.39, 0.29) is 17.9 Å². The average Bonchev–Trinajstić information content (AvgIpc) is 2.83. The van der Waals surface area contributed by atoms with E-state index in [1.54, 1.807) is 7.05 Å². The van der Waals surface area contributed by atoms with Gasteiger partial charge in [0.25, 0.3) is 0 Å². The molecule has 0 aliphatic carbocycles. The Balaban J connectivity index is 2.26. The van der Waals surface area contributed by atoms with Gasteiger partial charge in [0.2, 0.25) is 0 Å². The molecule has 0 spiro atoms. The van der Waals surface area contributed by atoms with E-state index in [4.69, 9.17) is 10.5 Å². The standard InChI is InChI=1S/C9H14N4O3/c1-12-9(7(5-11-12)13(14)15)8-3-2-6(4-10)16-8/h5-6,8H,2-4,10H2,1H3. The summed E-state index contributed by atoms with van der Waals surface area (Å²) in [4.78, 5) is 10.4. The maximum atomic E-state index is 10.8. The van der Waals surface area contributed by atoms with Gasteiger partial charge in [-0.05, 0) is 12.8 Å². The molecule has 0 bridgehead atoms. The molecule has 2 unspecified atom stereocenters. The van der Waals surface area contributed by atoms with E-state index in [1.807, 2.05) is 0 Å². The van der Waals surface area contributed by atoms with E-state index < -0.39 is 4.92 Å². The van der Waals surface area contributed by atoms with E-state index in [0.717, 1.165) is 12.8 Å². The molecular weight excluding hydrogens is 212 g/mol. The summed E-state index contributed by atoms with van der Waals surface area (Å²) >= 11 is 0. The molecule has 1 aromatic rings. The van der Waals surface area contributed by atoms with Gasteiger partial charge in [0.1, 0.15) is 18.0 Å². The number of ether oxygens (including phenoxy) is 1. The third kappa shape index (κ3) is 1.79. The van der Waals surface area contributed by atoms with Crippen LogP contribution >= 0.6 is 0 Å². The summed E-state index contributed by atoms with van der Waals surface area (Å²) in [6.07, 6.45) is 2.58. The van der Waals surface area contributed by atoms with Crippen molar-refractivity contribution in [1.29, 1.82) is 0 Å². The van der Waals surface area contributed by atoms with Crippen molar-refractivity contribution in [3.63, 3.8) is 0 Å². The van der Waals surface area contributed by atoms with Crippen molar-refractivity contribution in [2.75, 3.05) is 6.54 Å². The van der Waals surface area contributed by atoms with Gasteiger partial charge < -0.3 is 10.5 Å².